The van der Waals surface area contributed by atoms with E-state index in [9.17, 15) is 39.6 Å². The largest absolute Gasteiger partial charge is 0.480 e. The second kappa shape index (κ2) is 13.2. The number of aromatic carboxylic acids is 1. The molecule has 0 saturated carbocycles. The van der Waals surface area contributed by atoms with Crippen molar-refractivity contribution in [2.24, 2.45) is 0 Å². The van der Waals surface area contributed by atoms with E-state index in [0.29, 0.717) is 31.7 Å². The summed E-state index contributed by atoms with van der Waals surface area (Å²) in [7, 11) is 0. The molecule has 1 heterocycles. The molecular weight excluding hydrogens is 448 g/mol. The lowest BCUT2D eigenvalue weighted by Crippen LogP contribution is -2.44. The predicted octanol–water partition coefficient (Wildman–Crippen LogP) is -0.169. The van der Waals surface area contributed by atoms with Crippen molar-refractivity contribution in [3.63, 3.8) is 0 Å². The van der Waals surface area contributed by atoms with Gasteiger partial charge in [0.1, 0.15) is 13.1 Å². The van der Waals surface area contributed by atoms with E-state index < -0.39 is 23.9 Å². The van der Waals surface area contributed by atoms with Gasteiger partial charge in [-0.2, -0.15) is 0 Å². The van der Waals surface area contributed by atoms with Crippen LogP contribution in [0, 0.1) is 0 Å². The third-order valence-corrected chi connectivity index (χ3v) is 5.30. The van der Waals surface area contributed by atoms with E-state index >= 15 is 0 Å². The van der Waals surface area contributed by atoms with Gasteiger partial charge in [0.15, 0.2) is 0 Å². The van der Waals surface area contributed by atoms with Crippen LogP contribution in [0.4, 0.5) is 0 Å². The van der Waals surface area contributed by atoms with Gasteiger partial charge in [-0.3, -0.25) is 24.2 Å². The Balaban J connectivity index is 2.28. The summed E-state index contributed by atoms with van der Waals surface area (Å²) in [5.74, 6) is -4.17. The first kappa shape index (κ1) is 26.6. The Morgan fingerprint density at radius 3 is 1.65 bits per heavy atom. The first-order valence-corrected chi connectivity index (χ1v) is 10.7. The minimum atomic E-state index is -1.06. The van der Waals surface area contributed by atoms with E-state index in [1.807, 2.05) is 4.90 Å². The number of carboxylic acid groups (broad SMARTS) is 4. The van der Waals surface area contributed by atoms with Crippen molar-refractivity contribution < 1.29 is 39.6 Å². The highest BCUT2D eigenvalue weighted by molar-refractivity contribution is 5.89. The minimum Gasteiger partial charge on any atom is -0.480 e. The summed E-state index contributed by atoms with van der Waals surface area (Å²) in [5.41, 5.74) is 0.766. The Labute approximate surface area is 196 Å². The fourth-order valence-electron chi connectivity index (χ4n) is 3.61. The van der Waals surface area contributed by atoms with E-state index in [0.717, 1.165) is 0 Å². The maximum atomic E-state index is 11.6. The van der Waals surface area contributed by atoms with Crippen molar-refractivity contribution in [1.29, 1.82) is 0 Å². The maximum absolute atomic E-state index is 11.6. The molecule has 12 heteroatoms. The summed E-state index contributed by atoms with van der Waals surface area (Å²) in [4.78, 5) is 52.2. The molecule has 0 aromatic heterocycles. The minimum absolute atomic E-state index is 0.169. The molecule has 0 saturated heterocycles. The number of hydrogen-bond donors (Lipinski definition) is 4. The van der Waals surface area contributed by atoms with Crippen molar-refractivity contribution in [2.45, 2.75) is 6.54 Å². The third kappa shape index (κ3) is 9.46. The van der Waals surface area contributed by atoms with Gasteiger partial charge in [-0.15, -0.1) is 0 Å². The van der Waals surface area contributed by atoms with E-state index in [4.69, 9.17) is 0 Å². The highest BCUT2D eigenvalue weighted by Gasteiger charge is 2.19. The van der Waals surface area contributed by atoms with Crippen LogP contribution in [0.25, 0.3) is 0 Å². The molecule has 1 aromatic rings. The molecule has 0 spiro atoms. The Kier molecular flexibility index (Phi) is 10.3. The summed E-state index contributed by atoms with van der Waals surface area (Å²) in [5, 5.41) is 37.2. The van der Waals surface area contributed by atoms with E-state index in [1.54, 1.807) is 28.0 Å². The Morgan fingerprint density at radius 1 is 0.647 bits per heavy atom. The molecule has 1 aliphatic heterocycles. The molecule has 2 rings (SSSR count). The Bertz CT molecular complexity index is 907. The maximum Gasteiger partial charge on any atom is 0.336 e. The molecule has 12 nitrogen and oxygen atoms in total. The molecule has 0 fully saturated rings. The number of carboxylic acids is 4. The monoisotopic (exact) mass is 478 g/mol. The first-order valence-electron chi connectivity index (χ1n) is 10.7. The highest BCUT2D eigenvalue weighted by Crippen LogP contribution is 2.13. The Hall–Kier alpha value is -3.64. The van der Waals surface area contributed by atoms with Crippen LogP contribution in [-0.2, 0) is 20.9 Å². The number of benzene rings is 1. The summed E-state index contributed by atoms with van der Waals surface area (Å²) >= 11 is 0. The smallest absolute Gasteiger partial charge is 0.336 e. The zero-order valence-corrected chi connectivity index (χ0v) is 18.7. The average molecular weight is 479 g/mol. The van der Waals surface area contributed by atoms with Crippen LogP contribution in [0.5, 0.6) is 0 Å². The standard InChI is InChI=1S/C22H30N4O8/c27-19(28)14-24-7-5-23(13-17-3-1-2-4-18(17)22(33)34)6-8-25(15-20(29)30)10-12-26(11-9-24)16-21(31)32/h1-4,9,11H,5-8,10,12-16H2,(H,27,28)(H,29,30)(H,31,32)(H,33,34)/b11-9-. The normalized spacial score (nSPS) is 17.4. The summed E-state index contributed by atoms with van der Waals surface area (Å²) in [6.07, 6.45) is 3.02. The molecule has 0 bridgehead atoms. The number of nitrogens with zero attached hydrogens (tertiary/aromatic N) is 4. The van der Waals surface area contributed by atoms with Gasteiger partial charge in [-0.05, 0) is 11.6 Å². The number of carbonyl (C=O) groups is 4. The highest BCUT2D eigenvalue weighted by atomic mass is 16.4. The van der Waals surface area contributed by atoms with Crippen LogP contribution < -0.4 is 0 Å². The predicted molar refractivity (Wildman–Crippen MR) is 120 cm³/mol. The lowest BCUT2D eigenvalue weighted by Gasteiger charge is -2.31. The van der Waals surface area contributed by atoms with Gasteiger partial charge in [0, 0.05) is 58.2 Å². The fourth-order valence-corrected chi connectivity index (χ4v) is 3.61. The van der Waals surface area contributed by atoms with Crippen molar-refractivity contribution in [1.82, 2.24) is 19.6 Å². The molecule has 186 valence electrons. The van der Waals surface area contributed by atoms with Gasteiger partial charge < -0.3 is 30.2 Å². The molecule has 0 atom stereocenters. The van der Waals surface area contributed by atoms with Gasteiger partial charge in [-0.1, -0.05) is 18.2 Å². The Morgan fingerprint density at radius 2 is 1.12 bits per heavy atom. The zero-order chi connectivity index (χ0) is 25.1. The van der Waals surface area contributed by atoms with E-state index in [1.165, 1.54) is 23.4 Å². The van der Waals surface area contributed by atoms with Gasteiger partial charge in [0.2, 0.25) is 0 Å². The molecule has 0 aliphatic carbocycles. The first-order chi connectivity index (χ1) is 16.1. The molecule has 0 unspecified atom stereocenters. The van der Waals surface area contributed by atoms with Crippen molar-refractivity contribution >= 4 is 23.9 Å². The van der Waals surface area contributed by atoms with Crippen molar-refractivity contribution in [3.8, 4) is 0 Å². The quantitative estimate of drug-likeness (QED) is 0.371. The van der Waals surface area contributed by atoms with Crippen LogP contribution in [0.1, 0.15) is 15.9 Å². The molecule has 34 heavy (non-hydrogen) atoms. The SMILES string of the molecule is O=C(O)CN1/C=C\N(CC(=O)O)CCN(Cc2ccccc2C(=O)O)CCN(CC(=O)O)CC1. The summed E-state index contributed by atoms with van der Waals surface area (Å²) in [6.45, 7) is 1.41. The zero-order valence-electron chi connectivity index (χ0n) is 18.7. The molecule has 0 radical (unpaired) electrons. The lowest BCUT2D eigenvalue weighted by atomic mass is 10.1. The van der Waals surface area contributed by atoms with Gasteiger partial charge >= 0.3 is 23.9 Å². The number of hydrogen-bond acceptors (Lipinski definition) is 8. The van der Waals surface area contributed by atoms with E-state index in [-0.39, 0.29) is 44.8 Å². The van der Waals surface area contributed by atoms with Gasteiger partial charge in [0.25, 0.3) is 0 Å². The fraction of sp³-hybridized carbons (Fsp3) is 0.455. The topological polar surface area (TPSA) is 162 Å². The average Bonchev–Trinajstić information content (AvgIpc) is 2.74. The molecule has 1 aromatic carbocycles. The van der Waals surface area contributed by atoms with Crippen molar-refractivity contribution in [2.75, 3.05) is 58.9 Å². The van der Waals surface area contributed by atoms with Crippen LogP contribution in [-0.4, -0.2) is 123 Å². The molecule has 1 aliphatic rings. The van der Waals surface area contributed by atoms with Crippen LogP contribution in [0.2, 0.25) is 0 Å². The van der Waals surface area contributed by atoms with E-state index in [2.05, 4.69) is 0 Å². The van der Waals surface area contributed by atoms with Crippen LogP contribution in [0.15, 0.2) is 36.7 Å². The van der Waals surface area contributed by atoms with Crippen LogP contribution >= 0.6 is 0 Å². The lowest BCUT2D eigenvalue weighted by molar-refractivity contribution is -0.139. The summed E-state index contributed by atoms with van der Waals surface area (Å²) < 4.78 is 0. The molecular formula is C22H30N4O8. The van der Waals surface area contributed by atoms with Crippen molar-refractivity contribution in [3.05, 3.63) is 47.8 Å². The second-order valence-electron chi connectivity index (χ2n) is 7.93. The number of rotatable bonds is 9. The summed E-state index contributed by atoms with van der Waals surface area (Å²) in [6, 6.07) is 6.61. The van der Waals surface area contributed by atoms with Gasteiger partial charge in [-0.25, -0.2) is 4.79 Å². The van der Waals surface area contributed by atoms with Gasteiger partial charge in [0.05, 0.1) is 12.1 Å². The number of aliphatic carboxylic acids is 3. The van der Waals surface area contributed by atoms with Crippen LogP contribution in [0.3, 0.4) is 0 Å². The second-order valence-corrected chi connectivity index (χ2v) is 7.93. The molecule has 4 N–H and O–H groups in total. The molecule has 0 amide bonds. The third-order valence-electron chi connectivity index (χ3n) is 5.30.